The van der Waals surface area contributed by atoms with Gasteiger partial charge in [0, 0.05) is 19.8 Å². The molecule has 1 aliphatic rings. The summed E-state index contributed by atoms with van der Waals surface area (Å²) in [5, 5.41) is 18.8. The summed E-state index contributed by atoms with van der Waals surface area (Å²) in [6, 6.07) is 7.52. The van der Waals surface area contributed by atoms with Gasteiger partial charge < -0.3 is 15.1 Å². The van der Waals surface area contributed by atoms with Crippen LogP contribution in [0.1, 0.15) is 18.4 Å². The first kappa shape index (κ1) is 11.9. The molecule has 4 heteroatoms. The molecule has 0 unspecified atom stereocenters. The zero-order valence-electron chi connectivity index (χ0n) is 10.1. The first-order chi connectivity index (χ1) is 7.95. The van der Waals surface area contributed by atoms with Gasteiger partial charge in [0.1, 0.15) is 0 Å². The molecular weight excluding hydrogens is 218 g/mol. The summed E-state index contributed by atoms with van der Waals surface area (Å²) in [6.45, 7) is 0. The number of hydrogen-bond acceptors (Lipinski definition) is 3. The molecule has 0 amide bonds. The molecule has 0 heterocycles. The molecule has 0 saturated heterocycles. The van der Waals surface area contributed by atoms with E-state index in [0.717, 1.165) is 11.3 Å². The van der Waals surface area contributed by atoms with Gasteiger partial charge in [-0.25, -0.2) is 0 Å². The van der Waals surface area contributed by atoms with Crippen molar-refractivity contribution in [3.8, 4) is 0 Å². The minimum atomic E-state index is -0.897. The molecule has 17 heavy (non-hydrogen) atoms. The minimum absolute atomic E-state index is 0.305. The second kappa shape index (κ2) is 4.04. The first-order valence-corrected chi connectivity index (χ1v) is 5.65. The molecule has 2 rings (SSSR count). The van der Waals surface area contributed by atoms with Crippen LogP contribution in [-0.4, -0.2) is 36.4 Å². The van der Waals surface area contributed by atoms with Crippen molar-refractivity contribution >= 4 is 11.7 Å². The maximum absolute atomic E-state index is 11.4. The normalized spacial score (nSPS) is 27.4. The number of carbonyl (C=O) groups is 1. The molecule has 0 atom stereocenters. The molecule has 0 aliphatic heterocycles. The van der Waals surface area contributed by atoms with Gasteiger partial charge in [-0.05, 0) is 30.5 Å². The number of aliphatic hydroxyl groups is 1. The van der Waals surface area contributed by atoms with Gasteiger partial charge in [-0.2, -0.15) is 0 Å². The van der Waals surface area contributed by atoms with E-state index >= 15 is 0 Å². The van der Waals surface area contributed by atoms with Crippen LogP contribution in [0.4, 0.5) is 5.69 Å². The standard InChI is InChI=1S/C13H17NO3/c1-14(2)10-5-3-4-9(6-10)13(12(16)17)7-11(15)8-13/h3-6,11,15H,7-8H2,1-2H3,(H,16,17). The van der Waals surface area contributed by atoms with Crippen molar-refractivity contribution in [2.75, 3.05) is 19.0 Å². The van der Waals surface area contributed by atoms with E-state index in [-0.39, 0.29) is 0 Å². The second-order valence-corrected chi connectivity index (χ2v) is 4.89. The highest BCUT2D eigenvalue weighted by atomic mass is 16.4. The first-order valence-electron chi connectivity index (χ1n) is 5.65. The lowest BCUT2D eigenvalue weighted by molar-refractivity contribution is -0.152. The molecule has 1 aliphatic carbocycles. The van der Waals surface area contributed by atoms with Crippen LogP contribution in [0.15, 0.2) is 24.3 Å². The van der Waals surface area contributed by atoms with E-state index in [9.17, 15) is 15.0 Å². The fourth-order valence-corrected chi connectivity index (χ4v) is 2.36. The molecule has 1 aromatic rings. The molecule has 0 aromatic heterocycles. The Hall–Kier alpha value is -1.55. The largest absolute Gasteiger partial charge is 0.481 e. The average molecular weight is 235 g/mol. The molecule has 1 saturated carbocycles. The lowest BCUT2D eigenvalue weighted by Gasteiger charge is -2.42. The van der Waals surface area contributed by atoms with Gasteiger partial charge in [0.25, 0.3) is 0 Å². The minimum Gasteiger partial charge on any atom is -0.481 e. The van der Waals surface area contributed by atoms with Crippen LogP contribution in [0.3, 0.4) is 0 Å². The Labute approximate surface area is 100 Å². The monoisotopic (exact) mass is 235 g/mol. The number of nitrogens with zero attached hydrogens (tertiary/aromatic N) is 1. The van der Waals surface area contributed by atoms with E-state index in [2.05, 4.69) is 0 Å². The van der Waals surface area contributed by atoms with Crippen molar-refractivity contribution in [3.05, 3.63) is 29.8 Å². The predicted octanol–water partition coefficient (Wildman–Crippen LogP) is 1.23. The van der Waals surface area contributed by atoms with Crippen molar-refractivity contribution in [2.45, 2.75) is 24.4 Å². The summed E-state index contributed by atoms with van der Waals surface area (Å²) in [7, 11) is 3.84. The van der Waals surface area contributed by atoms with Crippen LogP contribution < -0.4 is 4.90 Å². The van der Waals surface area contributed by atoms with E-state index in [0.29, 0.717) is 12.8 Å². The van der Waals surface area contributed by atoms with Gasteiger partial charge in [-0.1, -0.05) is 12.1 Å². The summed E-state index contributed by atoms with van der Waals surface area (Å²) in [6.07, 6.45) is 0.118. The van der Waals surface area contributed by atoms with Crippen LogP contribution in [-0.2, 0) is 10.2 Å². The van der Waals surface area contributed by atoms with E-state index in [1.807, 2.05) is 43.3 Å². The number of anilines is 1. The summed E-state index contributed by atoms with van der Waals surface area (Å²) in [5.74, 6) is -0.848. The number of rotatable bonds is 3. The third kappa shape index (κ3) is 1.89. The second-order valence-electron chi connectivity index (χ2n) is 4.89. The van der Waals surface area contributed by atoms with Gasteiger partial charge in [0.05, 0.1) is 11.5 Å². The van der Waals surface area contributed by atoms with E-state index in [1.165, 1.54) is 0 Å². The lowest BCUT2D eigenvalue weighted by atomic mass is 9.62. The van der Waals surface area contributed by atoms with Gasteiger partial charge in [-0.15, -0.1) is 0 Å². The quantitative estimate of drug-likeness (QED) is 0.827. The van der Waals surface area contributed by atoms with E-state index < -0.39 is 17.5 Å². The van der Waals surface area contributed by atoms with Crippen molar-refractivity contribution in [2.24, 2.45) is 0 Å². The van der Waals surface area contributed by atoms with Crippen LogP contribution in [0, 0.1) is 0 Å². The maximum atomic E-state index is 11.4. The topological polar surface area (TPSA) is 60.8 Å². The van der Waals surface area contributed by atoms with Gasteiger partial charge in [0.15, 0.2) is 0 Å². The number of hydrogen-bond donors (Lipinski definition) is 2. The van der Waals surface area contributed by atoms with Gasteiger partial charge in [0.2, 0.25) is 0 Å². The lowest BCUT2D eigenvalue weighted by Crippen LogP contribution is -2.50. The van der Waals surface area contributed by atoms with Gasteiger partial charge >= 0.3 is 5.97 Å². The molecular formula is C13H17NO3. The fraction of sp³-hybridized carbons (Fsp3) is 0.462. The van der Waals surface area contributed by atoms with Crippen LogP contribution in [0.2, 0.25) is 0 Å². The Morgan fingerprint density at radius 2 is 2.06 bits per heavy atom. The summed E-state index contributed by atoms with van der Waals surface area (Å²) in [5.41, 5.74) is 0.858. The van der Waals surface area contributed by atoms with Crippen LogP contribution in [0.25, 0.3) is 0 Å². The Balaban J connectivity index is 2.38. The van der Waals surface area contributed by atoms with Crippen molar-refractivity contribution in [1.29, 1.82) is 0 Å². The molecule has 0 bridgehead atoms. The molecule has 1 aromatic carbocycles. The molecule has 0 radical (unpaired) electrons. The molecule has 0 spiro atoms. The number of aliphatic carboxylic acids is 1. The van der Waals surface area contributed by atoms with Crippen molar-refractivity contribution < 1.29 is 15.0 Å². The van der Waals surface area contributed by atoms with E-state index in [1.54, 1.807) is 0 Å². The number of aliphatic hydroxyl groups excluding tert-OH is 1. The summed E-state index contributed by atoms with van der Waals surface area (Å²) in [4.78, 5) is 13.3. The highest BCUT2D eigenvalue weighted by molar-refractivity contribution is 5.83. The van der Waals surface area contributed by atoms with E-state index in [4.69, 9.17) is 0 Å². The molecule has 1 fully saturated rings. The van der Waals surface area contributed by atoms with Crippen LogP contribution >= 0.6 is 0 Å². The summed E-state index contributed by atoms with van der Waals surface area (Å²) < 4.78 is 0. The Morgan fingerprint density at radius 3 is 2.53 bits per heavy atom. The average Bonchev–Trinajstić information content (AvgIpc) is 2.24. The van der Waals surface area contributed by atoms with Crippen LogP contribution in [0.5, 0.6) is 0 Å². The van der Waals surface area contributed by atoms with Crippen molar-refractivity contribution in [3.63, 3.8) is 0 Å². The van der Waals surface area contributed by atoms with Crippen molar-refractivity contribution in [1.82, 2.24) is 0 Å². The number of carboxylic acids is 1. The summed E-state index contributed by atoms with van der Waals surface area (Å²) >= 11 is 0. The zero-order valence-corrected chi connectivity index (χ0v) is 10.1. The zero-order chi connectivity index (χ0) is 12.6. The highest BCUT2D eigenvalue weighted by Crippen LogP contribution is 2.44. The third-order valence-electron chi connectivity index (χ3n) is 3.49. The van der Waals surface area contributed by atoms with Gasteiger partial charge in [-0.3, -0.25) is 4.79 Å². The Kier molecular flexibility index (Phi) is 2.83. The predicted molar refractivity (Wildman–Crippen MR) is 65.3 cm³/mol. The molecule has 4 nitrogen and oxygen atoms in total. The SMILES string of the molecule is CN(C)c1cccc(C2(C(=O)O)CC(O)C2)c1. The number of carboxylic acid groups (broad SMARTS) is 1. The highest BCUT2D eigenvalue weighted by Gasteiger charge is 2.51. The maximum Gasteiger partial charge on any atom is 0.314 e. The Bertz CT molecular complexity index is 436. The third-order valence-corrected chi connectivity index (χ3v) is 3.49. The Morgan fingerprint density at radius 1 is 1.41 bits per heavy atom. The number of benzene rings is 1. The smallest absolute Gasteiger partial charge is 0.314 e. The molecule has 2 N–H and O–H groups in total. The fourth-order valence-electron chi connectivity index (χ4n) is 2.36. The molecule has 92 valence electrons.